The Morgan fingerprint density at radius 2 is 2.00 bits per heavy atom. The van der Waals surface area contributed by atoms with Crippen molar-refractivity contribution in [3.8, 4) is 0 Å². The Morgan fingerprint density at radius 1 is 1.14 bits per heavy atom. The third kappa shape index (κ3) is 4.11. The summed E-state index contributed by atoms with van der Waals surface area (Å²) < 4.78 is 15.4. The highest BCUT2D eigenvalue weighted by molar-refractivity contribution is 5.89. The molecular weight excluding hydrogens is 367 g/mol. The van der Waals surface area contributed by atoms with E-state index in [4.69, 9.17) is 0 Å². The molecule has 4 aromatic rings. The molecule has 0 aliphatic heterocycles. The maximum Gasteiger partial charge on any atom is 0.319 e. The van der Waals surface area contributed by atoms with E-state index in [2.05, 4.69) is 38.5 Å². The van der Waals surface area contributed by atoms with Crippen LogP contribution in [0.2, 0.25) is 0 Å². The Balaban J connectivity index is 1.59. The van der Waals surface area contributed by atoms with Crippen LogP contribution < -0.4 is 10.6 Å². The average molecular weight is 388 g/mol. The topological polar surface area (TPSA) is 59.0 Å². The van der Waals surface area contributed by atoms with Crippen LogP contribution in [0.15, 0.2) is 79.3 Å². The number of anilines is 1. The highest BCUT2D eigenvalue weighted by atomic mass is 19.1. The number of hydrogen-bond acceptors (Lipinski definition) is 2. The van der Waals surface area contributed by atoms with Crippen molar-refractivity contribution in [3.05, 3.63) is 96.2 Å². The fourth-order valence-electron chi connectivity index (χ4n) is 3.58. The molecule has 2 aromatic carbocycles. The standard InChI is InChI=1S/C23H21FN4O/c1-28-15-21(19-9-2-3-10-22(19)28)20(16-6-5-11-25-13-16)14-26-23(29)27-18-8-4-7-17(24)12-18/h2-13,15,20H,14H2,1H3,(H2,26,27,29)/t20-/m1/s1. The normalized spacial score (nSPS) is 11.9. The SMILES string of the molecule is Cn1cc([C@H](CNC(=O)Nc2cccc(F)c2)c2cccnc2)c2ccccc21. The maximum atomic E-state index is 13.3. The first-order valence-electron chi connectivity index (χ1n) is 9.36. The van der Waals surface area contributed by atoms with Crippen LogP contribution in [0.1, 0.15) is 17.0 Å². The van der Waals surface area contributed by atoms with Gasteiger partial charge in [-0.25, -0.2) is 9.18 Å². The fourth-order valence-corrected chi connectivity index (χ4v) is 3.58. The second kappa shape index (κ2) is 8.14. The van der Waals surface area contributed by atoms with Crippen molar-refractivity contribution in [1.82, 2.24) is 14.9 Å². The molecule has 0 bridgehead atoms. The van der Waals surface area contributed by atoms with Gasteiger partial charge in [0.1, 0.15) is 5.82 Å². The number of carbonyl (C=O) groups is 1. The van der Waals surface area contributed by atoms with E-state index >= 15 is 0 Å². The number of nitrogens with one attached hydrogen (secondary N) is 2. The van der Waals surface area contributed by atoms with Crippen LogP contribution >= 0.6 is 0 Å². The predicted molar refractivity (Wildman–Crippen MR) is 112 cm³/mol. The second-order valence-corrected chi connectivity index (χ2v) is 6.90. The quantitative estimate of drug-likeness (QED) is 0.522. The van der Waals surface area contributed by atoms with E-state index in [9.17, 15) is 9.18 Å². The van der Waals surface area contributed by atoms with Crippen LogP contribution in [0.4, 0.5) is 14.9 Å². The molecule has 2 aromatic heterocycles. The van der Waals surface area contributed by atoms with Crippen molar-refractivity contribution in [3.63, 3.8) is 0 Å². The van der Waals surface area contributed by atoms with Gasteiger partial charge in [-0.3, -0.25) is 4.98 Å². The number of urea groups is 1. The zero-order valence-electron chi connectivity index (χ0n) is 16.0. The first kappa shape index (κ1) is 18.7. The zero-order chi connectivity index (χ0) is 20.2. The third-order valence-corrected chi connectivity index (χ3v) is 4.94. The molecule has 0 unspecified atom stereocenters. The molecule has 0 aliphatic carbocycles. The van der Waals surface area contributed by atoms with Crippen molar-refractivity contribution < 1.29 is 9.18 Å². The summed E-state index contributed by atoms with van der Waals surface area (Å²) in [6.07, 6.45) is 5.64. The molecule has 0 spiro atoms. The summed E-state index contributed by atoms with van der Waals surface area (Å²) in [6, 6.07) is 17.5. The molecule has 0 saturated carbocycles. The van der Waals surface area contributed by atoms with Crippen molar-refractivity contribution in [1.29, 1.82) is 0 Å². The summed E-state index contributed by atoms with van der Waals surface area (Å²) in [7, 11) is 2.01. The summed E-state index contributed by atoms with van der Waals surface area (Å²) >= 11 is 0. The summed E-state index contributed by atoms with van der Waals surface area (Å²) in [4.78, 5) is 16.6. The van der Waals surface area contributed by atoms with Crippen molar-refractivity contribution in [2.24, 2.45) is 7.05 Å². The minimum Gasteiger partial charge on any atom is -0.350 e. The molecular formula is C23H21FN4O. The Hall–Kier alpha value is -3.67. The van der Waals surface area contributed by atoms with E-state index in [1.165, 1.54) is 12.1 Å². The predicted octanol–water partition coefficient (Wildman–Crippen LogP) is 4.67. The van der Waals surface area contributed by atoms with Crippen molar-refractivity contribution >= 4 is 22.6 Å². The van der Waals surface area contributed by atoms with Gasteiger partial charge < -0.3 is 15.2 Å². The van der Waals surface area contributed by atoms with Gasteiger partial charge in [0.15, 0.2) is 0 Å². The van der Waals surface area contributed by atoms with Crippen LogP contribution in [-0.4, -0.2) is 22.1 Å². The van der Waals surface area contributed by atoms with E-state index in [0.29, 0.717) is 12.2 Å². The number of benzene rings is 2. The lowest BCUT2D eigenvalue weighted by Gasteiger charge is -2.18. The molecule has 2 N–H and O–H groups in total. The number of aryl methyl sites for hydroxylation is 1. The van der Waals surface area contributed by atoms with Crippen LogP contribution in [0, 0.1) is 5.82 Å². The molecule has 2 amide bonds. The van der Waals surface area contributed by atoms with Gasteiger partial charge in [-0.1, -0.05) is 30.3 Å². The first-order chi connectivity index (χ1) is 14.1. The van der Waals surface area contributed by atoms with E-state index in [0.717, 1.165) is 22.0 Å². The molecule has 0 radical (unpaired) electrons. The number of fused-ring (bicyclic) bond motifs is 1. The lowest BCUT2D eigenvalue weighted by Crippen LogP contribution is -2.32. The number of pyridine rings is 1. The Kier molecular flexibility index (Phi) is 5.24. The van der Waals surface area contributed by atoms with Crippen LogP contribution in [-0.2, 0) is 7.05 Å². The highest BCUT2D eigenvalue weighted by Crippen LogP contribution is 2.31. The molecule has 29 heavy (non-hydrogen) atoms. The summed E-state index contributed by atoms with van der Waals surface area (Å²) in [5.74, 6) is -0.472. The number of halogens is 1. The number of amides is 2. The number of para-hydroxylation sites is 1. The van der Waals surface area contributed by atoms with Crippen LogP contribution in [0.3, 0.4) is 0 Å². The lowest BCUT2D eigenvalue weighted by atomic mass is 9.92. The van der Waals surface area contributed by atoms with E-state index in [1.54, 1.807) is 18.3 Å². The van der Waals surface area contributed by atoms with Gasteiger partial charge in [0.25, 0.3) is 0 Å². The number of carbonyl (C=O) groups excluding carboxylic acids is 1. The third-order valence-electron chi connectivity index (χ3n) is 4.94. The van der Waals surface area contributed by atoms with Crippen LogP contribution in [0.25, 0.3) is 10.9 Å². The smallest absolute Gasteiger partial charge is 0.319 e. The number of hydrogen-bond donors (Lipinski definition) is 2. The van der Waals surface area contributed by atoms with Gasteiger partial charge in [-0.05, 0) is 41.5 Å². The highest BCUT2D eigenvalue weighted by Gasteiger charge is 2.20. The molecule has 0 fully saturated rings. The Morgan fingerprint density at radius 3 is 2.79 bits per heavy atom. The Bertz CT molecular complexity index is 1140. The van der Waals surface area contributed by atoms with Crippen molar-refractivity contribution in [2.45, 2.75) is 5.92 Å². The van der Waals surface area contributed by atoms with E-state index in [-0.39, 0.29) is 11.9 Å². The minimum absolute atomic E-state index is 0.0759. The van der Waals surface area contributed by atoms with Gasteiger partial charge in [0, 0.05) is 54.7 Å². The number of rotatable bonds is 5. The van der Waals surface area contributed by atoms with Crippen LogP contribution in [0.5, 0.6) is 0 Å². The maximum absolute atomic E-state index is 13.3. The van der Waals surface area contributed by atoms with Gasteiger partial charge in [0.05, 0.1) is 0 Å². The zero-order valence-corrected chi connectivity index (χ0v) is 16.0. The van der Waals surface area contributed by atoms with Gasteiger partial charge in [-0.15, -0.1) is 0 Å². The fraction of sp³-hybridized carbons (Fsp3) is 0.130. The molecule has 146 valence electrons. The average Bonchev–Trinajstić information content (AvgIpc) is 3.06. The summed E-state index contributed by atoms with van der Waals surface area (Å²) in [6.45, 7) is 0.376. The van der Waals surface area contributed by atoms with Gasteiger partial charge in [-0.2, -0.15) is 0 Å². The van der Waals surface area contributed by atoms with E-state index < -0.39 is 5.82 Å². The minimum atomic E-state index is -0.396. The molecule has 0 saturated heterocycles. The summed E-state index contributed by atoms with van der Waals surface area (Å²) in [5.41, 5.74) is 3.66. The molecule has 6 heteroatoms. The second-order valence-electron chi connectivity index (χ2n) is 6.90. The summed E-state index contributed by atoms with van der Waals surface area (Å²) in [5, 5.41) is 6.72. The molecule has 5 nitrogen and oxygen atoms in total. The van der Waals surface area contributed by atoms with E-state index in [1.807, 2.05) is 37.5 Å². The van der Waals surface area contributed by atoms with Crippen molar-refractivity contribution in [2.75, 3.05) is 11.9 Å². The largest absolute Gasteiger partial charge is 0.350 e. The lowest BCUT2D eigenvalue weighted by molar-refractivity contribution is 0.252. The van der Waals surface area contributed by atoms with Gasteiger partial charge in [0.2, 0.25) is 0 Å². The Labute approximate surface area is 168 Å². The first-order valence-corrected chi connectivity index (χ1v) is 9.36. The number of nitrogens with zero attached hydrogens (tertiary/aromatic N) is 2. The molecule has 2 heterocycles. The number of aromatic nitrogens is 2. The molecule has 1 atom stereocenters. The monoisotopic (exact) mass is 388 g/mol. The molecule has 0 aliphatic rings. The van der Waals surface area contributed by atoms with Gasteiger partial charge >= 0.3 is 6.03 Å². The molecule has 4 rings (SSSR count).